The summed E-state index contributed by atoms with van der Waals surface area (Å²) in [6.45, 7) is 7.58. The Kier molecular flexibility index (Phi) is 4.58. The average molecular weight is 227 g/mol. The van der Waals surface area contributed by atoms with Crippen LogP contribution < -0.4 is 10.6 Å². The highest BCUT2D eigenvalue weighted by atomic mass is 35.5. The van der Waals surface area contributed by atoms with Crippen molar-refractivity contribution in [2.75, 3.05) is 19.6 Å². The van der Waals surface area contributed by atoms with Crippen LogP contribution in [0.25, 0.3) is 0 Å². The summed E-state index contributed by atoms with van der Waals surface area (Å²) in [7, 11) is 0. The van der Waals surface area contributed by atoms with E-state index in [0.717, 1.165) is 19.6 Å². The first-order valence-electron chi connectivity index (χ1n) is 5.29. The van der Waals surface area contributed by atoms with Gasteiger partial charge in [-0.3, -0.25) is 0 Å². The van der Waals surface area contributed by atoms with E-state index in [-0.39, 0.29) is 12.4 Å². The molecule has 0 bridgehead atoms. The molecule has 0 aromatic heterocycles. The Bertz CT molecular complexity index is 319. The zero-order valence-corrected chi connectivity index (χ0v) is 10.2. The largest absolute Gasteiger partial charge is 0.314 e. The summed E-state index contributed by atoms with van der Waals surface area (Å²) in [6.07, 6.45) is 0. The predicted molar refractivity (Wildman–Crippen MR) is 66.8 cm³/mol. The molecular weight excluding hydrogens is 208 g/mol. The molecule has 3 heteroatoms. The molecular formula is C12H19ClN2. The first kappa shape index (κ1) is 12.5. The Morgan fingerprint density at radius 1 is 1.20 bits per heavy atom. The number of piperazine rings is 1. The van der Waals surface area contributed by atoms with E-state index in [1.54, 1.807) is 0 Å². The maximum absolute atomic E-state index is 3.54. The number of halogens is 1. The van der Waals surface area contributed by atoms with E-state index in [0.29, 0.717) is 6.04 Å². The van der Waals surface area contributed by atoms with Crippen LogP contribution in [0.5, 0.6) is 0 Å². The maximum atomic E-state index is 3.54. The van der Waals surface area contributed by atoms with E-state index >= 15 is 0 Å². The standard InChI is InChI=1S/C12H18N2.ClH/c1-9-4-3-5-11(10(9)2)12-8-13-6-7-14-12;/h3-5,12-14H,6-8H2,1-2H3;1H/t12-;/m1./s1. The topological polar surface area (TPSA) is 24.1 Å². The quantitative estimate of drug-likeness (QED) is 0.765. The fourth-order valence-electron chi connectivity index (χ4n) is 2.02. The summed E-state index contributed by atoms with van der Waals surface area (Å²) in [5.41, 5.74) is 4.25. The van der Waals surface area contributed by atoms with Crippen molar-refractivity contribution in [3.8, 4) is 0 Å². The minimum atomic E-state index is 0. The van der Waals surface area contributed by atoms with Gasteiger partial charge in [0, 0.05) is 25.7 Å². The molecule has 84 valence electrons. The second kappa shape index (κ2) is 5.50. The average Bonchev–Trinajstić information content (AvgIpc) is 2.23. The Morgan fingerprint density at radius 2 is 2.00 bits per heavy atom. The Labute approximate surface area is 97.9 Å². The first-order chi connectivity index (χ1) is 6.79. The lowest BCUT2D eigenvalue weighted by atomic mass is 9.96. The van der Waals surface area contributed by atoms with Crippen LogP contribution >= 0.6 is 12.4 Å². The van der Waals surface area contributed by atoms with Gasteiger partial charge in [-0.05, 0) is 30.5 Å². The Hall–Kier alpha value is -0.570. The molecule has 1 aromatic carbocycles. The first-order valence-corrected chi connectivity index (χ1v) is 5.29. The van der Waals surface area contributed by atoms with Gasteiger partial charge in [-0.2, -0.15) is 0 Å². The molecule has 1 aromatic rings. The lowest BCUT2D eigenvalue weighted by Crippen LogP contribution is -2.42. The molecule has 1 heterocycles. The van der Waals surface area contributed by atoms with Gasteiger partial charge in [0.25, 0.3) is 0 Å². The molecule has 2 rings (SSSR count). The second-order valence-electron chi connectivity index (χ2n) is 4.00. The third kappa shape index (κ3) is 2.71. The number of rotatable bonds is 1. The van der Waals surface area contributed by atoms with Crippen LogP contribution in [-0.4, -0.2) is 19.6 Å². The lowest BCUT2D eigenvalue weighted by Gasteiger charge is -2.26. The summed E-state index contributed by atoms with van der Waals surface area (Å²) < 4.78 is 0. The van der Waals surface area contributed by atoms with Crippen molar-refractivity contribution in [3.63, 3.8) is 0 Å². The van der Waals surface area contributed by atoms with Gasteiger partial charge in [-0.25, -0.2) is 0 Å². The van der Waals surface area contributed by atoms with Gasteiger partial charge >= 0.3 is 0 Å². The van der Waals surface area contributed by atoms with E-state index in [9.17, 15) is 0 Å². The second-order valence-corrected chi connectivity index (χ2v) is 4.00. The van der Waals surface area contributed by atoms with Crippen molar-refractivity contribution in [2.45, 2.75) is 19.9 Å². The predicted octanol–water partition coefficient (Wildman–Crippen LogP) is 1.96. The fraction of sp³-hybridized carbons (Fsp3) is 0.500. The maximum Gasteiger partial charge on any atom is 0.0449 e. The highest BCUT2D eigenvalue weighted by Gasteiger charge is 2.16. The smallest absolute Gasteiger partial charge is 0.0449 e. The summed E-state index contributed by atoms with van der Waals surface area (Å²) in [5.74, 6) is 0. The number of aryl methyl sites for hydroxylation is 1. The molecule has 2 N–H and O–H groups in total. The summed E-state index contributed by atoms with van der Waals surface area (Å²) in [5, 5.41) is 6.96. The van der Waals surface area contributed by atoms with Crippen LogP contribution in [0.2, 0.25) is 0 Å². The summed E-state index contributed by atoms with van der Waals surface area (Å²) in [4.78, 5) is 0. The van der Waals surface area contributed by atoms with Crippen molar-refractivity contribution >= 4 is 12.4 Å². The highest BCUT2D eigenvalue weighted by molar-refractivity contribution is 5.85. The van der Waals surface area contributed by atoms with Crippen LogP contribution in [0, 0.1) is 13.8 Å². The molecule has 1 fully saturated rings. The van der Waals surface area contributed by atoms with Crippen LogP contribution in [0.1, 0.15) is 22.7 Å². The van der Waals surface area contributed by atoms with Gasteiger partial charge in [-0.1, -0.05) is 18.2 Å². The monoisotopic (exact) mass is 226 g/mol. The van der Waals surface area contributed by atoms with Gasteiger partial charge < -0.3 is 10.6 Å². The third-order valence-electron chi connectivity index (χ3n) is 3.06. The molecule has 0 unspecified atom stereocenters. The van der Waals surface area contributed by atoms with E-state index in [1.807, 2.05) is 0 Å². The van der Waals surface area contributed by atoms with Gasteiger partial charge in [-0.15, -0.1) is 12.4 Å². The van der Waals surface area contributed by atoms with Gasteiger partial charge in [0.2, 0.25) is 0 Å². The number of nitrogens with one attached hydrogen (secondary N) is 2. The fourth-order valence-corrected chi connectivity index (χ4v) is 2.02. The molecule has 1 saturated heterocycles. The number of hydrogen-bond acceptors (Lipinski definition) is 2. The third-order valence-corrected chi connectivity index (χ3v) is 3.06. The molecule has 1 atom stereocenters. The number of benzene rings is 1. The molecule has 1 aliphatic heterocycles. The minimum Gasteiger partial charge on any atom is -0.314 e. The lowest BCUT2D eigenvalue weighted by molar-refractivity contribution is 0.429. The molecule has 0 aliphatic carbocycles. The van der Waals surface area contributed by atoms with Crippen LogP contribution in [0.4, 0.5) is 0 Å². The summed E-state index contributed by atoms with van der Waals surface area (Å²) in [6, 6.07) is 7.04. The van der Waals surface area contributed by atoms with E-state index in [1.165, 1.54) is 16.7 Å². The zero-order chi connectivity index (χ0) is 9.97. The molecule has 0 radical (unpaired) electrons. The van der Waals surface area contributed by atoms with Crippen molar-refractivity contribution < 1.29 is 0 Å². The summed E-state index contributed by atoms with van der Waals surface area (Å²) >= 11 is 0. The van der Waals surface area contributed by atoms with Crippen molar-refractivity contribution in [1.29, 1.82) is 0 Å². The van der Waals surface area contributed by atoms with Crippen LogP contribution in [0.15, 0.2) is 18.2 Å². The zero-order valence-electron chi connectivity index (χ0n) is 9.34. The normalized spacial score (nSPS) is 20.8. The molecule has 0 spiro atoms. The Balaban J connectivity index is 0.00000112. The molecule has 1 aliphatic rings. The van der Waals surface area contributed by atoms with E-state index in [2.05, 4.69) is 42.7 Å². The van der Waals surface area contributed by atoms with Gasteiger partial charge in [0.1, 0.15) is 0 Å². The van der Waals surface area contributed by atoms with E-state index in [4.69, 9.17) is 0 Å². The molecule has 0 saturated carbocycles. The van der Waals surface area contributed by atoms with E-state index < -0.39 is 0 Å². The van der Waals surface area contributed by atoms with Crippen molar-refractivity contribution in [2.24, 2.45) is 0 Å². The number of hydrogen-bond donors (Lipinski definition) is 2. The van der Waals surface area contributed by atoms with Crippen molar-refractivity contribution in [3.05, 3.63) is 34.9 Å². The minimum absolute atomic E-state index is 0. The SMILES string of the molecule is Cc1cccc([C@H]2CNCCN2)c1C.Cl. The van der Waals surface area contributed by atoms with Crippen LogP contribution in [0.3, 0.4) is 0 Å². The highest BCUT2D eigenvalue weighted by Crippen LogP contribution is 2.20. The van der Waals surface area contributed by atoms with Gasteiger partial charge in [0.05, 0.1) is 0 Å². The molecule has 15 heavy (non-hydrogen) atoms. The van der Waals surface area contributed by atoms with Crippen LogP contribution in [-0.2, 0) is 0 Å². The van der Waals surface area contributed by atoms with Gasteiger partial charge in [0.15, 0.2) is 0 Å². The molecule has 2 nitrogen and oxygen atoms in total. The Morgan fingerprint density at radius 3 is 2.67 bits per heavy atom. The van der Waals surface area contributed by atoms with Crippen molar-refractivity contribution in [1.82, 2.24) is 10.6 Å². The molecule has 0 amide bonds.